The molecule has 200 valence electrons. The van der Waals surface area contributed by atoms with E-state index >= 15 is 0 Å². The molecule has 2 atom stereocenters. The summed E-state index contributed by atoms with van der Waals surface area (Å²) in [4.78, 5) is 17.7. The quantitative estimate of drug-likeness (QED) is 0.197. The molecule has 2 heterocycles. The van der Waals surface area contributed by atoms with Gasteiger partial charge in [0.1, 0.15) is 17.7 Å². The number of rotatable bonds is 13. The minimum atomic E-state index is -0.243. The van der Waals surface area contributed by atoms with Crippen LogP contribution in [0.2, 0.25) is 0 Å². The van der Waals surface area contributed by atoms with Crippen molar-refractivity contribution in [2.75, 3.05) is 5.32 Å². The lowest BCUT2D eigenvalue weighted by Gasteiger charge is -2.17. The van der Waals surface area contributed by atoms with Gasteiger partial charge in [-0.15, -0.1) is 0 Å². The van der Waals surface area contributed by atoms with Gasteiger partial charge in [-0.2, -0.15) is 10.4 Å². The first-order valence-corrected chi connectivity index (χ1v) is 13.5. The van der Waals surface area contributed by atoms with Gasteiger partial charge in [0.2, 0.25) is 5.91 Å². The van der Waals surface area contributed by atoms with E-state index in [-0.39, 0.29) is 17.9 Å². The van der Waals surface area contributed by atoms with Gasteiger partial charge >= 0.3 is 0 Å². The molecule has 4 aromatic rings. The number of hydrogen-bond acceptors (Lipinski definition) is 5. The monoisotopic (exact) mass is 521 g/mol. The summed E-state index contributed by atoms with van der Waals surface area (Å²) >= 11 is 0. The van der Waals surface area contributed by atoms with Gasteiger partial charge in [0.15, 0.2) is 0 Å². The first kappa shape index (κ1) is 27.6. The van der Waals surface area contributed by atoms with Crippen molar-refractivity contribution >= 4 is 11.7 Å². The Kier molecular flexibility index (Phi) is 9.85. The summed E-state index contributed by atoms with van der Waals surface area (Å²) < 4.78 is 7.72. The third kappa shape index (κ3) is 8.27. The topological polar surface area (TPSA) is 92.8 Å². The van der Waals surface area contributed by atoms with E-state index in [9.17, 15) is 4.79 Å². The summed E-state index contributed by atoms with van der Waals surface area (Å²) in [5.41, 5.74) is 3.94. The van der Waals surface area contributed by atoms with E-state index in [4.69, 9.17) is 10.00 Å². The summed E-state index contributed by atoms with van der Waals surface area (Å²) in [7, 11) is 1.87. The maximum atomic E-state index is 13.3. The molecule has 0 spiro atoms. The minimum Gasteiger partial charge on any atom is -0.484 e. The number of pyridine rings is 1. The van der Waals surface area contributed by atoms with Gasteiger partial charge in [-0.1, -0.05) is 61.7 Å². The number of carbonyl (C=O) groups is 1. The van der Waals surface area contributed by atoms with E-state index in [0.29, 0.717) is 17.1 Å². The highest BCUT2D eigenvalue weighted by Gasteiger charge is 2.21. The van der Waals surface area contributed by atoms with Crippen molar-refractivity contribution in [3.05, 3.63) is 108 Å². The van der Waals surface area contributed by atoms with Gasteiger partial charge in [-0.3, -0.25) is 9.48 Å². The van der Waals surface area contributed by atoms with Crippen LogP contribution in [0.5, 0.6) is 5.75 Å². The normalized spacial score (nSPS) is 12.3. The average molecular weight is 522 g/mol. The molecule has 0 radical (unpaired) electrons. The lowest BCUT2D eigenvalue weighted by molar-refractivity contribution is -0.117. The molecule has 2 aromatic carbocycles. The van der Waals surface area contributed by atoms with Crippen LogP contribution < -0.4 is 10.1 Å². The van der Waals surface area contributed by atoms with E-state index in [1.807, 2.05) is 80.8 Å². The van der Waals surface area contributed by atoms with Crippen LogP contribution in [0.15, 0.2) is 85.3 Å². The van der Waals surface area contributed by atoms with Crippen molar-refractivity contribution in [3.8, 4) is 11.8 Å². The molecule has 0 aliphatic heterocycles. The number of nitrogens with one attached hydrogen (secondary N) is 1. The SMILES string of the molecule is C[C@@H](Oc1ccc(NC(=O)[C@H](CCCCCCc2ccc(C#N)cc2)c2ccccc2)nc1)c1cnn(C)c1. The zero-order chi connectivity index (χ0) is 27.5. The smallest absolute Gasteiger partial charge is 0.233 e. The number of nitrogens with zero attached hydrogens (tertiary/aromatic N) is 4. The maximum absolute atomic E-state index is 13.3. The van der Waals surface area contributed by atoms with Gasteiger partial charge < -0.3 is 10.1 Å². The maximum Gasteiger partial charge on any atom is 0.233 e. The predicted octanol–water partition coefficient (Wildman–Crippen LogP) is 6.74. The van der Waals surface area contributed by atoms with E-state index in [1.54, 1.807) is 23.1 Å². The second-order valence-electron chi connectivity index (χ2n) is 9.80. The fourth-order valence-corrected chi connectivity index (χ4v) is 4.57. The van der Waals surface area contributed by atoms with E-state index in [1.165, 1.54) is 5.56 Å². The second kappa shape index (κ2) is 13.9. The number of ether oxygens (including phenoxy) is 1. The number of hydrogen-bond donors (Lipinski definition) is 1. The van der Waals surface area contributed by atoms with Crippen molar-refractivity contribution in [2.45, 2.75) is 57.5 Å². The standard InChI is InChI=1S/C32H35N5O2/c1-24(28-21-35-37(2)23-28)39-29-18-19-31(34-22-29)36-32(38)30(27-11-7-5-8-12-27)13-9-4-3-6-10-25-14-16-26(20-33)17-15-25/h5,7-8,11-12,14-19,21-24,30H,3-4,6,9-10,13H2,1-2H3,(H,34,36,38)/t24-,30-/m1/s1. The fourth-order valence-electron chi connectivity index (χ4n) is 4.57. The lowest BCUT2D eigenvalue weighted by atomic mass is 9.92. The number of unbranched alkanes of at least 4 members (excludes halogenated alkanes) is 3. The van der Waals surface area contributed by atoms with Crippen LogP contribution in [-0.4, -0.2) is 20.7 Å². The molecule has 7 heteroatoms. The largest absolute Gasteiger partial charge is 0.484 e. The number of aromatic nitrogens is 3. The Hall–Kier alpha value is -4.44. The zero-order valence-corrected chi connectivity index (χ0v) is 22.6. The Morgan fingerprint density at radius 1 is 0.974 bits per heavy atom. The number of anilines is 1. The highest BCUT2D eigenvalue weighted by Crippen LogP contribution is 2.26. The Morgan fingerprint density at radius 2 is 1.74 bits per heavy atom. The van der Waals surface area contributed by atoms with E-state index in [2.05, 4.69) is 21.5 Å². The van der Waals surface area contributed by atoms with Crippen molar-refractivity contribution < 1.29 is 9.53 Å². The third-order valence-electron chi connectivity index (χ3n) is 6.80. The molecule has 0 saturated carbocycles. The first-order chi connectivity index (χ1) is 19.0. The van der Waals surface area contributed by atoms with Crippen LogP contribution in [0.4, 0.5) is 5.82 Å². The number of carbonyl (C=O) groups excluding carboxylic acids is 1. The Labute approximate surface area is 230 Å². The van der Waals surface area contributed by atoms with Crippen LogP contribution in [0.25, 0.3) is 0 Å². The summed E-state index contributed by atoms with van der Waals surface area (Å²) in [5, 5.41) is 16.1. The van der Waals surface area contributed by atoms with Crippen LogP contribution in [0.1, 0.15) is 73.3 Å². The van der Waals surface area contributed by atoms with Gasteiger partial charge in [0.25, 0.3) is 0 Å². The van der Waals surface area contributed by atoms with Gasteiger partial charge in [0.05, 0.1) is 29.9 Å². The first-order valence-electron chi connectivity index (χ1n) is 13.5. The van der Waals surface area contributed by atoms with Crippen molar-refractivity contribution in [3.63, 3.8) is 0 Å². The number of amides is 1. The summed E-state index contributed by atoms with van der Waals surface area (Å²) in [5.74, 6) is 0.839. The van der Waals surface area contributed by atoms with Crippen LogP contribution in [0, 0.1) is 11.3 Å². The van der Waals surface area contributed by atoms with E-state index in [0.717, 1.165) is 49.7 Å². The molecule has 2 aromatic heterocycles. The van der Waals surface area contributed by atoms with Gasteiger partial charge in [-0.25, -0.2) is 4.98 Å². The molecule has 0 bridgehead atoms. The fraction of sp³-hybridized carbons (Fsp3) is 0.312. The molecule has 1 amide bonds. The van der Waals surface area contributed by atoms with Crippen molar-refractivity contribution in [2.24, 2.45) is 7.05 Å². The third-order valence-corrected chi connectivity index (χ3v) is 6.80. The molecule has 0 unspecified atom stereocenters. The molecular weight excluding hydrogens is 486 g/mol. The minimum absolute atomic E-state index is 0.0521. The molecule has 0 saturated heterocycles. The molecule has 39 heavy (non-hydrogen) atoms. The average Bonchev–Trinajstić information content (AvgIpc) is 3.41. The highest BCUT2D eigenvalue weighted by molar-refractivity contribution is 5.95. The predicted molar refractivity (Wildman–Crippen MR) is 152 cm³/mol. The molecule has 4 rings (SSSR count). The van der Waals surface area contributed by atoms with Gasteiger partial charge in [-0.05, 0) is 61.6 Å². The Balaban J connectivity index is 1.27. The highest BCUT2D eigenvalue weighted by atomic mass is 16.5. The summed E-state index contributed by atoms with van der Waals surface area (Å²) in [6.07, 6.45) is 11.2. The molecule has 0 aliphatic rings. The molecule has 0 aliphatic carbocycles. The Bertz CT molecular complexity index is 1360. The molecule has 7 nitrogen and oxygen atoms in total. The molecule has 0 fully saturated rings. The zero-order valence-electron chi connectivity index (χ0n) is 22.6. The van der Waals surface area contributed by atoms with Crippen molar-refractivity contribution in [1.82, 2.24) is 14.8 Å². The molecule has 1 N–H and O–H groups in total. The van der Waals surface area contributed by atoms with Crippen molar-refractivity contribution in [1.29, 1.82) is 5.26 Å². The van der Waals surface area contributed by atoms with Crippen LogP contribution >= 0.6 is 0 Å². The summed E-state index contributed by atoms with van der Waals surface area (Å²) in [6, 6.07) is 23.5. The number of aryl methyl sites for hydroxylation is 2. The molecular formula is C32H35N5O2. The van der Waals surface area contributed by atoms with Crippen LogP contribution in [-0.2, 0) is 18.3 Å². The van der Waals surface area contributed by atoms with E-state index < -0.39 is 0 Å². The van der Waals surface area contributed by atoms with Crippen LogP contribution in [0.3, 0.4) is 0 Å². The second-order valence-corrected chi connectivity index (χ2v) is 9.80. The summed E-state index contributed by atoms with van der Waals surface area (Å²) in [6.45, 7) is 1.96. The number of benzene rings is 2. The Morgan fingerprint density at radius 3 is 2.41 bits per heavy atom. The lowest BCUT2D eigenvalue weighted by Crippen LogP contribution is -2.22. The number of nitriles is 1. The van der Waals surface area contributed by atoms with Gasteiger partial charge in [0, 0.05) is 18.8 Å².